The zero-order chi connectivity index (χ0) is 18.8. The van der Waals surface area contributed by atoms with E-state index in [4.69, 9.17) is 0 Å². The maximum Gasteiger partial charge on any atom is 0.416 e. The number of piperazine rings is 1. The van der Waals surface area contributed by atoms with E-state index in [1.54, 1.807) is 0 Å². The average molecular weight is 376 g/mol. The molecule has 2 rings (SSSR count). The molecule has 1 atom stereocenters. The summed E-state index contributed by atoms with van der Waals surface area (Å²) in [4.78, 5) is 1.48. The highest BCUT2D eigenvalue weighted by molar-refractivity contribution is 5.35. The van der Waals surface area contributed by atoms with E-state index in [1.165, 1.54) is 4.90 Å². The Labute approximate surface area is 138 Å². The molecule has 1 fully saturated rings. The number of benzene rings is 1. The van der Waals surface area contributed by atoms with E-state index < -0.39 is 47.9 Å². The van der Waals surface area contributed by atoms with Gasteiger partial charge in [-0.25, -0.2) is 8.78 Å². The Morgan fingerprint density at radius 1 is 0.880 bits per heavy atom. The van der Waals surface area contributed by atoms with Gasteiger partial charge in [0.25, 0.3) is 0 Å². The Kier molecular flexibility index (Phi) is 5.93. The maximum absolute atomic E-state index is 13.0. The van der Waals surface area contributed by atoms with Crippen LogP contribution in [0.25, 0.3) is 0 Å². The molecule has 10 heteroatoms. The lowest BCUT2D eigenvalue weighted by atomic mass is 9.96. The molecular weight excluding hydrogens is 360 g/mol. The van der Waals surface area contributed by atoms with Crippen LogP contribution in [0.1, 0.15) is 29.2 Å². The molecule has 1 saturated heterocycles. The van der Waals surface area contributed by atoms with E-state index in [0.717, 1.165) is 0 Å². The minimum absolute atomic E-state index is 0.000688. The summed E-state index contributed by atoms with van der Waals surface area (Å²) in [5, 5.41) is 2.96. The van der Waals surface area contributed by atoms with Gasteiger partial charge in [0, 0.05) is 38.6 Å². The summed E-state index contributed by atoms with van der Waals surface area (Å²) >= 11 is 0. The lowest BCUT2D eigenvalue weighted by molar-refractivity contribution is -0.143. The molecule has 0 aromatic heterocycles. The Balaban J connectivity index is 2.50. The monoisotopic (exact) mass is 376 g/mol. The van der Waals surface area contributed by atoms with Crippen LogP contribution in [0.3, 0.4) is 0 Å². The zero-order valence-electron chi connectivity index (χ0n) is 12.9. The third-order valence-corrected chi connectivity index (χ3v) is 3.99. The first kappa shape index (κ1) is 19.9. The van der Waals surface area contributed by atoms with Crippen LogP contribution in [0, 0.1) is 0 Å². The number of hydrogen-bond acceptors (Lipinski definition) is 2. The molecule has 0 unspecified atom stereocenters. The third-order valence-electron chi connectivity index (χ3n) is 3.99. The number of halogens is 8. The average Bonchev–Trinajstić information content (AvgIpc) is 2.51. The van der Waals surface area contributed by atoms with Crippen molar-refractivity contribution in [3.63, 3.8) is 0 Å². The van der Waals surface area contributed by atoms with Crippen LogP contribution in [0.15, 0.2) is 18.2 Å². The molecule has 2 nitrogen and oxygen atoms in total. The standard InChI is InChI=1S/C15H16F8N2/c16-13(17)8-12(25-3-1-24-2-4-25)9-5-10(14(18,19)20)7-11(6-9)15(21,22)23/h5-7,12-13,24H,1-4,8H2/t12-/m0/s1. The largest absolute Gasteiger partial charge is 0.416 e. The lowest BCUT2D eigenvalue weighted by Gasteiger charge is -2.35. The first-order chi connectivity index (χ1) is 11.5. The molecule has 0 saturated carbocycles. The van der Waals surface area contributed by atoms with Crippen molar-refractivity contribution < 1.29 is 35.1 Å². The Bertz CT molecular complexity index is 544. The first-order valence-electron chi connectivity index (χ1n) is 7.51. The summed E-state index contributed by atoms with van der Waals surface area (Å²) in [6, 6.07) is -0.152. The fourth-order valence-corrected chi connectivity index (χ4v) is 2.83. The Morgan fingerprint density at radius 2 is 1.36 bits per heavy atom. The summed E-state index contributed by atoms with van der Waals surface area (Å²) < 4.78 is 104. The van der Waals surface area contributed by atoms with Crippen molar-refractivity contribution >= 4 is 0 Å². The van der Waals surface area contributed by atoms with Gasteiger partial charge in [0.2, 0.25) is 6.43 Å². The van der Waals surface area contributed by atoms with Gasteiger partial charge in [-0.05, 0) is 23.8 Å². The highest BCUT2D eigenvalue weighted by Gasteiger charge is 2.38. The predicted molar refractivity (Wildman–Crippen MR) is 74.3 cm³/mol. The highest BCUT2D eigenvalue weighted by Crippen LogP contribution is 2.39. The van der Waals surface area contributed by atoms with Crippen molar-refractivity contribution in [2.45, 2.75) is 31.2 Å². The minimum atomic E-state index is -5.01. The molecular formula is C15H16F8N2. The van der Waals surface area contributed by atoms with Crippen LogP contribution in [0.5, 0.6) is 0 Å². The van der Waals surface area contributed by atoms with Gasteiger partial charge in [-0.2, -0.15) is 26.3 Å². The molecule has 1 aliphatic heterocycles. The van der Waals surface area contributed by atoms with Crippen LogP contribution < -0.4 is 5.32 Å². The highest BCUT2D eigenvalue weighted by atomic mass is 19.4. The van der Waals surface area contributed by atoms with E-state index in [2.05, 4.69) is 5.32 Å². The number of nitrogens with one attached hydrogen (secondary N) is 1. The van der Waals surface area contributed by atoms with Crippen molar-refractivity contribution in [2.24, 2.45) is 0 Å². The second-order valence-corrected chi connectivity index (χ2v) is 5.77. The number of alkyl halides is 8. The summed E-state index contributed by atoms with van der Waals surface area (Å²) in [5.74, 6) is 0. The number of nitrogens with zero attached hydrogens (tertiary/aromatic N) is 1. The maximum atomic E-state index is 13.0. The molecule has 0 spiro atoms. The summed E-state index contributed by atoms with van der Waals surface area (Å²) in [6.07, 6.45) is -13.7. The van der Waals surface area contributed by atoms with Crippen molar-refractivity contribution in [2.75, 3.05) is 26.2 Å². The third kappa shape index (κ3) is 5.27. The van der Waals surface area contributed by atoms with E-state index >= 15 is 0 Å². The molecule has 1 aromatic rings. The topological polar surface area (TPSA) is 15.3 Å². The lowest BCUT2D eigenvalue weighted by Crippen LogP contribution is -2.45. The van der Waals surface area contributed by atoms with Crippen LogP contribution in [-0.2, 0) is 12.4 Å². The van der Waals surface area contributed by atoms with Crippen molar-refractivity contribution in [1.29, 1.82) is 0 Å². The molecule has 1 N–H and O–H groups in total. The van der Waals surface area contributed by atoms with Gasteiger partial charge in [-0.3, -0.25) is 4.90 Å². The Morgan fingerprint density at radius 3 is 1.76 bits per heavy atom. The first-order valence-corrected chi connectivity index (χ1v) is 7.51. The van der Waals surface area contributed by atoms with Crippen LogP contribution in [0.4, 0.5) is 35.1 Å². The summed E-state index contributed by atoms with van der Waals surface area (Å²) in [6.45, 7) is 1.36. The molecule has 0 aliphatic carbocycles. The second kappa shape index (κ2) is 7.45. The van der Waals surface area contributed by atoms with Crippen molar-refractivity contribution in [3.8, 4) is 0 Å². The second-order valence-electron chi connectivity index (χ2n) is 5.77. The van der Waals surface area contributed by atoms with E-state index in [-0.39, 0.29) is 19.2 Å². The molecule has 25 heavy (non-hydrogen) atoms. The van der Waals surface area contributed by atoms with Crippen molar-refractivity contribution in [1.82, 2.24) is 10.2 Å². The van der Waals surface area contributed by atoms with Gasteiger partial charge in [0.1, 0.15) is 0 Å². The van der Waals surface area contributed by atoms with Gasteiger partial charge in [0.05, 0.1) is 11.1 Å². The molecule has 1 aliphatic rings. The van der Waals surface area contributed by atoms with Gasteiger partial charge in [0.15, 0.2) is 0 Å². The van der Waals surface area contributed by atoms with Crippen LogP contribution in [0.2, 0.25) is 0 Å². The quantitative estimate of drug-likeness (QED) is 0.788. The SMILES string of the molecule is FC(F)C[C@@H](c1cc(C(F)(F)F)cc(C(F)(F)F)c1)N1CCNCC1. The fourth-order valence-electron chi connectivity index (χ4n) is 2.83. The predicted octanol–water partition coefficient (Wildman–Crippen LogP) is 4.33. The van der Waals surface area contributed by atoms with Gasteiger partial charge < -0.3 is 5.32 Å². The Hall–Kier alpha value is -1.42. The van der Waals surface area contributed by atoms with Gasteiger partial charge >= 0.3 is 12.4 Å². The minimum Gasteiger partial charge on any atom is -0.314 e. The normalized spacial score (nSPS) is 18.6. The van der Waals surface area contributed by atoms with E-state index in [0.29, 0.717) is 25.2 Å². The van der Waals surface area contributed by atoms with Gasteiger partial charge in [-0.15, -0.1) is 0 Å². The molecule has 142 valence electrons. The van der Waals surface area contributed by atoms with Gasteiger partial charge in [-0.1, -0.05) is 0 Å². The van der Waals surface area contributed by atoms with Crippen molar-refractivity contribution in [3.05, 3.63) is 34.9 Å². The fraction of sp³-hybridized carbons (Fsp3) is 0.600. The number of rotatable bonds is 4. The van der Waals surface area contributed by atoms with E-state index in [9.17, 15) is 35.1 Å². The van der Waals surface area contributed by atoms with Crippen LogP contribution in [-0.4, -0.2) is 37.5 Å². The number of hydrogen-bond donors (Lipinski definition) is 1. The molecule has 0 amide bonds. The molecule has 1 aromatic carbocycles. The molecule has 0 radical (unpaired) electrons. The van der Waals surface area contributed by atoms with Crippen LogP contribution >= 0.6 is 0 Å². The summed E-state index contributed by atoms with van der Waals surface area (Å²) in [5.41, 5.74) is -3.39. The molecule has 0 bridgehead atoms. The smallest absolute Gasteiger partial charge is 0.314 e. The summed E-state index contributed by atoms with van der Waals surface area (Å²) in [7, 11) is 0. The zero-order valence-corrected chi connectivity index (χ0v) is 12.9. The van der Waals surface area contributed by atoms with E-state index in [1.807, 2.05) is 0 Å². The molecule has 1 heterocycles.